The van der Waals surface area contributed by atoms with E-state index in [0.717, 1.165) is 17.0 Å². The van der Waals surface area contributed by atoms with Crippen molar-refractivity contribution in [2.75, 3.05) is 23.7 Å². The molecule has 0 heterocycles. The van der Waals surface area contributed by atoms with Gasteiger partial charge >= 0.3 is 0 Å². The zero-order valence-electron chi connectivity index (χ0n) is 20.6. The number of sulfonamides is 1. The van der Waals surface area contributed by atoms with E-state index in [1.165, 1.54) is 29.2 Å². The topological polar surface area (TPSA) is 86.8 Å². The van der Waals surface area contributed by atoms with E-state index >= 15 is 0 Å². The molecule has 0 fully saturated rings. The lowest BCUT2D eigenvalue weighted by Crippen LogP contribution is -2.49. The zero-order valence-corrected chi connectivity index (χ0v) is 23.0. The molecule has 0 bridgehead atoms. The highest BCUT2D eigenvalue weighted by Gasteiger charge is 2.29. The molecule has 0 unspecified atom stereocenters. The molecule has 0 radical (unpaired) electrons. The van der Waals surface area contributed by atoms with Gasteiger partial charge in [-0.1, -0.05) is 49.2 Å². The molecule has 0 saturated carbocycles. The number of nitrogens with zero attached hydrogens (tertiary/aromatic N) is 2. The van der Waals surface area contributed by atoms with Crippen molar-refractivity contribution in [3.63, 3.8) is 0 Å². The predicted octanol–water partition coefficient (Wildman–Crippen LogP) is 5.01. The molecular weight excluding hydrogens is 528 g/mol. The molecule has 2 amide bonds. The van der Waals surface area contributed by atoms with Crippen LogP contribution >= 0.6 is 23.2 Å². The number of anilines is 1. The Balaban J connectivity index is 2.23. The molecule has 36 heavy (non-hydrogen) atoms. The van der Waals surface area contributed by atoms with Crippen molar-refractivity contribution in [2.24, 2.45) is 0 Å². The Morgan fingerprint density at radius 3 is 2.33 bits per heavy atom. The molecule has 198 valence electrons. The number of carbonyl (C=O) groups excluding carboxylic acids is 2. The molecule has 0 saturated heterocycles. The highest BCUT2D eigenvalue weighted by atomic mass is 35.5. The molecule has 2 aromatic carbocycles. The van der Waals surface area contributed by atoms with Gasteiger partial charge < -0.3 is 10.2 Å². The molecule has 2 aromatic rings. The number of nitrogens with one attached hydrogen (secondary N) is 1. The van der Waals surface area contributed by atoms with Crippen molar-refractivity contribution >= 4 is 50.7 Å². The van der Waals surface area contributed by atoms with Crippen LogP contribution in [0.5, 0.6) is 0 Å². The summed E-state index contributed by atoms with van der Waals surface area (Å²) in [5.41, 5.74) is 0.905. The average molecular weight is 561 g/mol. The average Bonchev–Trinajstić information content (AvgIpc) is 2.82. The van der Waals surface area contributed by atoms with Gasteiger partial charge in [0.25, 0.3) is 0 Å². The monoisotopic (exact) mass is 559 g/mol. The lowest BCUT2D eigenvalue weighted by molar-refractivity contribution is -0.141. The number of rotatable bonds is 13. The maximum atomic E-state index is 13.4. The molecular formula is C25H32Cl2FN3O4S. The third kappa shape index (κ3) is 8.64. The number of carbonyl (C=O) groups is 2. The Kier molecular flexibility index (Phi) is 11.5. The van der Waals surface area contributed by atoms with Crippen LogP contribution in [0.15, 0.2) is 42.5 Å². The minimum atomic E-state index is -3.71. The van der Waals surface area contributed by atoms with E-state index in [0.29, 0.717) is 23.6 Å². The Labute approximate surface area is 222 Å². The van der Waals surface area contributed by atoms with Gasteiger partial charge in [-0.3, -0.25) is 13.9 Å². The lowest BCUT2D eigenvalue weighted by Gasteiger charge is -2.31. The van der Waals surface area contributed by atoms with E-state index in [9.17, 15) is 22.4 Å². The Bertz CT molecular complexity index is 1150. The predicted molar refractivity (Wildman–Crippen MR) is 142 cm³/mol. The molecule has 0 aliphatic rings. The van der Waals surface area contributed by atoms with Crippen LogP contribution in [-0.4, -0.2) is 50.5 Å². The summed E-state index contributed by atoms with van der Waals surface area (Å²) < 4.78 is 39.4. The van der Waals surface area contributed by atoms with E-state index < -0.39 is 21.9 Å². The Hall–Kier alpha value is -2.36. The standard InChI is InChI=1S/C25H32Cl2FN3O4S/c1-4-14-29-25(33)22(5-2)30(17-18-8-11-20(28)12-9-18)24(32)7-6-15-31(36(3,34)35)23-16-19(26)10-13-21(23)27/h8-13,16,22H,4-7,14-15,17H2,1-3H3,(H,29,33)/t22-/m0/s1. The fraction of sp³-hybridized carbons (Fsp3) is 0.440. The van der Waals surface area contributed by atoms with Gasteiger partial charge in [0.2, 0.25) is 21.8 Å². The van der Waals surface area contributed by atoms with Crippen molar-refractivity contribution in [3.05, 3.63) is 63.9 Å². The summed E-state index contributed by atoms with van der Waals surface area (Å²) in [6.45, 7) is 4.34. The van der Waals surface area contributed by atoms with E-state index in [1.807, 2.05) is 13.8 Å². The molecule has 0 spiro atoms. The lowest BCUT2D eigenvalue weighted by atomic mass is 10.1. The van der Waals surface area contributed by atoms with Crippen LogP contribution in [0.4, 0.5) is 10.1 Å². The first-order valence-electron chi connectivity index (χ1n) is 11.7. The molecule has 11 heteroatoms. The zero-order chi connectivity index (χ0) is 26.9. The number of hydrogen-bond acceptors (Lipinski definition) is 4. The van der Waals surface area contributed by atoms with Crippen LogP contribution < -0.4 is 9.62 Å². The van der Waals surface area contributed by atoms with Crippen molar-refractivity contribution in [1.29, 1.82) is 0 Å². The first-order chi connectivity index (χ1) is 17.0. The van der Waals surface area contributed by atoms with E-state index in [-0.39, 0.29) is 48.5 Å². The molecule has 0 aromatic heterocycles. The van der Waals surface area contributed by atoms with Crippen LogP contribution in [0.25, 0.3) is 0 Å². The highest BCUT2D eigenvalue weighted by Crippen LogP contribution is 2.31. The second-order valence-corrected chi connectivity index (χ2v) is 11.1. The fourth-order valence-corrected chi connectivity index (χ4v) is 5.14. The summed E-state index contributed by atoms with van der Waals surface area (Å²) in [6, 6.07) is 9.54. The van der Waals surface area contributed by atoms with Gasteiger partial charge in [0.1, 0.15) is 11.9 Å². The summed E-state index contributed by atoms with van der Waals surface area (Å²) in [5, 5.41) is 3.38. The van der Waals surface area contributed by atoms with Gasteiger partial charge in [-0.05, 0) is 55.2 Å². The maximum absolute atomic E-state index is 13.4. The SMILES string of the molecule is CCCNC(=O)[C@H](CC)N(Cc1ccc(F)cc1)C(=O)CCCN(c1cc(Cl)ccc1Cl)S(C)(=O)=O. The maximum Gasteiger partial charge on any atom is 0.242 e. The second-order valence-electron chi connectivity index (χ2n) is 8.40. The van der Waals surface area contributed by atoms with Gasteiger partial charge in [-0.2, -0.15) is 0 Å². The normalized spacial score (nSPS) is 12.2. The quantitative estimate of drug-likeness (QED) is 0.373. The molecule has 1 N–H and O–H groups in total. The number of hydrogen-bond donors (Lipinski definition) is 1. The van der Waals surface area contributed by atoms with Crippen molar-refractivity contribution < 1.29 is 22.4 Å². The van der Waals surface area contributed by atoms with E-state index in [1.54, 1.807) is 18.2 Å². The van der Waals surface area contributed by atoms with Crippen LogP contribution in [0, 0.1) is 5.82 Å². The van der Waals surface area contributed by atoms with Crippen LogP contribution in [0.1, 0.15) is 45.1 Å². The van der Waals surface area contributed by atoms with Crippen LogP contribution in [0.2, 0.25) is 10.0 Å². The summed E-state index contributed by atoms with van der Waals surface area (Å²) >= 11 is 12.3. The number of amides is 2. The second kappa shape index (κ2) is 13.8. The first-order valence-corrected chi connectivity index (χ1v) is 14.3. The summed E-state index contributed by atoms with van der Waals surface area (Å²) in [7, 11) is -3.71. The Morgan fingerprint density at radius 1 is 1.08 bits per heavy atom. The van der Waals surface area contributed by atoms with Gasteiger partial charge in [0, 0.05) is 31.1 Å². The molecule has 0 aliphatic heterocycles. The van der Waals surface area contributed by atoms with Crippen LogP contribution in [0.3, 0.4) is 0 Å². The van der Waals surface area contributed by atoms with Crippen molar-refractivity contribution in [2.45, 2.75) is 52.1 Å². The molecule has 7 nitrogen and oxygen atoms in total. The van der Waals surface area contributed by atoms with Crippen molar-refractivity contribution in [1.82, 2.24) is 10.2 Å². The largest absolute Gasteiger partial charge is 0.354 e. The first kappa shape index (κ1) is 29.9. The molecule has 2 rings (SSSR count). The number of halogens is 3. The van der Waals surface area contributed by atoms with Gasteiger partial charge in [-0.15, -0.1) is 0 Å². The third-order valence-corrected chi connectivity index (χ3v) is 7.27. The number of benzene rings is 2. The molecule has 0 aliphatic carbocycles. The van der Waals surface area contributed by atoms with Gasteiger partial charge in [0.05, 0.1) is 17.0 Å². The van der Waals surface area contributed by atoms with Crippen molar-refractivity contribution in [3.8, 4) is 0 Å². The van der Waals surface area contributed by atoms with E-state index in [2.05, 4.69) is 5.32 Å². The minimum Gasteiger partial charge on any atom is -0.354 e. The third-order valence-electron chi connectivity index (χ3n) is 5.53. The minimum absolute atomic E-state index is 0.00610. The summed E-state index contributed by atoms with van der Waals surface area (Å²) in [5.74, 6) is -0.980. The Morgan fingerprint density at radius 2 is 1.75 bits per heavy atom. The van der Waals surface area contributed by atoms with E-state index in [4.69, 9.17) is 23.2 Å². The summed E-state index contributed by atoms with van der Waals surface area (Å²) in [6.07, 6.45) is 2.36. The van der Waals surface area contributed by atoms with Crippen LogP contribution in [-0.2, 0) is 26.2 Å². The fourth-order valence-electron chi connectivity index (χ4n) is 3.73. The highest BCUT2D eigenvalue weighted by molar-refractivity contribution is 7.92. The smallest absolute Gasteiger partial charge is 0.242 e. The van der Waals surface area contributed by atoms with Gasteiger partial charge in [0.15, 0.2) is 0 Å². The summed E-state index contributed by atoms with van der Waals surface area (Å²) in [4.78, 5) is 27.6. The molecule has 1 atom stereocenters. The van der Waals surface area contributed by atoms with Gasteiger partial charge in [-0.25, -0.2) is 12.8 Å².